The summed E-state index contributed by atoms with van der Waals surface area (Å²) in [7, 11) is 1.78. The molecule has 2 unspecified atom stereocenters. The van der Waals surface area contributed by atoms with Crippen LogP contribution in [-0.4, -0.2) is 18.1 Å². The van der Waals surface area contributed by atoms with E-state index in [0.29, 0.717) is 5.38 Å². The van der Waals surface area contributed by atoms with Crippen molar-refractivity contribution in [1.82, 2.24) is 0 Å². The molecule has 1 aliphatic carbocycles. The SMILES string of the molecule is COC(C)(C)CCC1CCCC1Cl. The summed E-state index contributed by atoms with van der Waals surface area (Å²) in [4.78, 5) is 0. The monoisotopic (exact) mass is 204 g/mol. The molecule has 0 spiro atoms. The Morgan fingerprint density at radius 1 is 1.38 bits per heavy atom. The number of hydrogen-bond donors (Lipinski definition) is 0. The first-order valence-electron chi connectivity index (χ1n) is 5.24. The molecule has 13 heavy (non-hydrogen) atoms. The Bertz CT molecular complexity index is 156. The van der Waals surface area contributed by atoms with Gasteiger partial charge in [0, 0.05) is 12.5 Å². The van der Waals surface area contributed by atoms with E-state index in [1.165, 1.54) is 25.7 Å². The molecule has 2 atom stereocenters. The maximum absolute atomic E-state index is 6.21. The highest BCUT2D eigenvalue weighted by molar-refractivity contribution is 6.20. The maximum atomic E-state index is 6.21. The van der Waals surface area contributed by atoms with E-state index in [1.807, 2.05) is 0 Å². The second-order valence-electron chi connectivity index (χ2n) is 4.71. The van der Waals surface area contributed by atoms with Crippen molar-refractivity contribution < 1.29 is 4.74 Å². The molecule has 0 amide bonds. The average Bonchev–Trinajstić information content (AvgIpc) is 2.48. The molecule has 0 heterocycles. The summed E-state index contributed by atoms with van der Waals surface area (Å²) in [6.45, 7) is 4.29. The lowest BCUT2D eigenvalue weighted by Gasteiger charge is -2.25. The van der Waals surface area contributed by atoms with Crippen molar-refractivity contribution in [1.29, 1.82) is 0 Å². The molecular formula is C11H21ClO. The smallest absolute Gasteiger partial charge is 0.0622 e. The van der Waals surface area contributed by atoms with Crippen LogP contribution >= 0.6 is 11.6 Å². The number of halogens is 1. The van der Waals surface area contributed by atoms with E-state index < -0.39 is 0 Å². The summed E-state index contributed by atoms with van der Waals surface area (Å²) in [5.74, 6) is 0.732. The lowest BCUT2D eigenvalue weighted by molar-refractivity contribution is 0.0106. The number of alkyl halides is 1. The second-order valence-corrected chi connectivity index (χ2v) is 5.27. The van der Waals surface area contributed by atoms with E-state index in [0.717, 1.165) is 12.3 Å². The van der Waals surface area contributed by atoms with Crippen LogP contribution in [0.15, 0.2) is 0 Å². The highest BCUT2D eigenvalue weighted by Gasteiger charge is 2.27. The van der Waals surface area contributed by atoms with Gasteiger partial charge in [-0.15, -0.1) is 11.6 Å². The van der Waals surface area contributed by atoms with Crippen molar-refractivity contribution in [2.24, 2.45) is 5.92 Å². The molecule has 0 aromatic heterocycles. The number of rotatable bonds is 4. The predicted molar refractivity (Wildman–Crippen MR) is 57.3 cm³/mol. The molecule has 0 N–H and O–H groups in total. The fourth-order valence-electron chi connectivity index (χ4n) is 1.95. The summed E-state index contributed by atoms with van der Waals surface area (Å²) >= 11 is 6.21. The average molecular weight is 205 g/mol. The van der Waals surface area contributed by atoms with E-state index in [9.17, 15) is 0 Å². The highest BCUT2D eigenvalue weighted by Crippen LogP contribution is 2.35. The highest BCUT2D eigenvalue weighted by atomic mass is 35.5. The minimum Gasteiger partial charge on any atom is -0.379 e. The third-order valence-corrected chi connectivity index (χ3v) is 3.81. The summed E-state index contributed by atoms with van der Waals surface area (Å²) in [6.07, 6.45) is 6.17. The lowest BCUT2D eigenvalue weighted by Crippen LogP contribution is -2.24. The Morgan fingerprint density at radius 2 is 2.08 bits per heavy atom. The van der Waals surface area contributed by atoms with Gasteiger partial charge < -0.3 is 4.74 Å². The fourth-order valence-corrected chi connectivity index (χ4v) is 2.36. The molecule has 1 fully saturated rings. The van der Waals surface area contributed by atoms with Crippen molar-refractivity contribution in [2.45, 2.75) is 56.9 Å². The molecule has 78 valence electrons. The fraction of sp³-hybridized carbons (Fsp3) is 1.00. The third-order valence-electron chi connectivity index (χ3n) is 3.24. The number of hydrogen-bond acceptors (Lipinski definition) is 1. The molecule has 0 aliphatic heterocycles. The minimum absolute atomic E-state index is 0.0270. The Morgan fingerprint density at radius 3 is 2.54 bits per heavy atom. The largest absolute Gasteiger partial charge is 0.379 e. The van der Waals surface area contributed by atoms with Crippen LogP contribution < -0.4 is 0 Å². The van der Waals surface area contributed by atoms with Gasteiger partial charge in [-0.1, -0.05) is 6.42 Å². The standard InChI is InChI=1S/C11H21ClO/c1-11(2,13-3)8-7-9-5-4-6-10(9)12/h9-10H,4-8H2,1-3H3. The van der Waals surface area contributed by atoms with E-state index in [-0.39, 0.29) is 5.60 Å². The normalized spacial score (nSPS) is 29.5. The first-order valence-corrected chi connectivity index (χ1v) is 5.68. The van der Waals surface area contributed by atoms with Gasteiger partial charge in [-0.25, -0.2) is 0 Å². The van der Waals surface area contributed by atoms with Crippen LogP contribution in [-0.2, 0) is 4.74 Å². The number of ether oxygens (including phenoxy) is 1. The van der Waals surface area contributed by atoms with Crippen molar-refractivity contribution in [3.05, 3.63) is 0 Å². The van der Waals surface area contributed by atoms with E-state index in [2.05, 4.69) is 13.8 Å². The van der Waals surface area contributed by atoms with Crippen LogP contribution in [0.1, 0.15) is 46.0 Å². The molecule has 1 saturated carbocycles. The Balaban J connectivity index is 2.25. The van der Waals surface area contributed by atoms with Gasteiger partial charge >= 0.3 is 0 Å². The first kappa shape index (κ1) is 11.3. The molecule has 0 saturated heterocycles. The van der Waals surface area contributed by atoms with Crippen LogP contribution in [0.5, 0.6) is 0 Å². The quantitative estimate of drug-likeness (QED) is 0.636. The van der Waals surface area contributed by atoms with Crippen molar-refractivity contribution in [3.63, 3.8) is 0 Å². The Hall–Kier alpha value is 0.250. The van der Waals surface area contributed by atoms with Gasteiger partial charge in [0.25, 0.3) is 0 Å². The van der Waals surface area contributed by atoms with Crippen LogP contribution in [0.25, 0.3) is 0 Å². The van der Waals surface area contributed by atoms with Crippen LogP contribution in [0.4, 0.5) is 0 Å². The maximum Gasteiger partial charge on any atom is 0.0622 e. The third kappa shape index (κ3) is 3.47. The summed E-state index contributed by atoms with van der Waals surface area (Å²) in [6, 6.07) is 0. The number of methoxy groups -OCH3 is 1. The summed E-state index contributed by atoms with van der Waals surface area (Å²) in [5, 5.41) is 0.424. The van der Waals surface area contributed by atoms with Gasteiger partial charge in [-0.05, 0) is 45.4 Å². The van der Waals surface area contributed by atoms with Crippen LogP contribution in [0.2, 0.25) is 0 Å². The molecule has 0 aromatic carbocycles. The van der Waals surface area contributed by atoms with Gasteiger partial charge in [-0.2, -0.15) is 0 Å². The van der Waals surface area contributed by atoms with Crippen LogP contribution in [0.3, 0.4) is 0 Å². The van der Waals surface area contributed by atoms with E-state index >= 15 is 0 Å². The Kier molecular flexibility index (Phi) is 4.06. The molecule has 0 radical (unpaired) electrons. The Labute approximate surface area is 86.8 Å². The molecular weight excluding hydrogens is 184 g/mol. The van der Waals surface area contributed by atoms with E-state index in [4.69, 9.17) is 16.3 Å². The molecule has 1 aliphatic rings. The zero-order valence-corrected chi connectivity index (χ0v) is 9.73. The molecule has 0 aromatic rings. The van der Waals surface area contributed by atoms with E-state index in [1.54, 1.807) is 7.11 Å². The van der Waals surface area contributed by atoms with Gasteiger partial charge in [0.2, 0.25) is 0 Å². The van der Waals surface area contributed by atoms with Crippen LogP contribution in [0, 0.1) is 5.92 Å². The molecule has 1 rings (SSSR count). The second kappa shape index (κ2) is 4.65. The van der Waals surface area contributed by atoms with Crippen molar-refractivity contribution >= 4 is 11.6 Å². The molecule has 1 nitrogen and oxygen atoms in total. The van der Waals surface area contributed by atoms with Gasteiger partial charge in [0.15, 0.2) is 0 Å². The molecule has 2 heteroatoms. The summed E-state index contributed by atoms with van der Waals surface area (Å²) in [5.41, 5.74) is 0.0270. The predicted octanol–water partition coefficient (Wildman–Crippen LogP) is 3.60. The van der Waals surface area contributed by atoms with Crippen molar-refractivity contribution in [3.8, 4) is 0 Å². The van der Waals surface area contributed by atoms with Crippen molar-refractivity contribution in [2.75, 3.05) is 7.11 Å². The summed E-state index contributed by atoms with van der Waals surface area (Å²) < 4.78 is 5.39. The first-order chi connectivity index (χ1) is 6.05. The topological polar surface area (TPSA) is 9.23 Å². The lowest BCUT2D eigenvalue weighted by atomic mass is 9.94. The van der Waals surface area contributed by atoms with Gasteiger partial charge in [0.05, 0.1) is 5.60 Å². The zero-order valence-electron chi connectivity index (χ0n) is 8.98. The van der Waals surface area contributed by atoms with Gasteiger partial charge in [0.1, 0.15) is 0 Å². The minimum atomic E-state index is 0.0270. The van der Waals surface area contributed by atoms with Gasteiger partial charge in [-0.3, -0.25) is 0 Å². The molecule has 0 bridgehead atoms. The zero-order chi connectivity index (χ0) is 9.90.